The fraction of sp³-hybridized carbons (Fsp3) is 0.818. The van der Waals surface area contributed by atoms with E-state index >= 15 is 0 Å². The summed E-state index contributed by atoms with van der Waals surface area (Å²) in [6, 6.07) is 0. The molecule has 2 amide bonds. The standard InChI is InChI=1S/C11H20N2O2/c1-10(2)8(14)12-6-5-7-13-9(15)11(10,3)4/h5-7H2,1-4H3,(H,12,14)(H,13,15). The van der Waals surface area contributed by atoms with E-state index in [1.54, 1.807) is 0 Å². The summed E-state index contributed by atoms with van der Waals surface area (Å²) in [7, 11) is 0. The van der Waals surface area contributed by atoms with Crippen molar-refractivity contribution >= 4 is 11.8 Å². The van der Waals surface area contributed by atoms with E-state index in [0.717, 1.165) is 6.42 Å². The Morgan fingerprint density at radius 2 is 1.20 bits per heavy atom. The van der Waals surface area contributed by atoms with Crippen molar-refractivity contribution in [2.24, 2.45) is 10.8 Å². The van der Waals surface area contributed by atoms with Gasteiger partial charge in [0.15, 0.2) is 0 Å². The van der Waals surface area contributed by atoms with E-state index in [1.807, 2.05) is 27.7 Å². The zero-order chi connectivity index (χ0) is 11.7. The molecule has 0 unspecified atom stereocenters. The second-order valence-electron chi connectivity index (χ2n) is 5.12. The highest BCUT2D eigenvalue weighted by molar-refractivity contribution is 5.92. The van der Waals surface area contributed by atoms with Crippen molar-refractivity contribution in [2.75, 3.05) is 13.1 Å². The van der Waals surface area contributed by atoms with Gasteiger partial charge in [0.25, 0.3) is 0 Å². The SMILES string of the molecule is CC1(C)C(=O)NCCCNC(=O)C1(C)C. The quantitative estimate of drug-likeness (QED) is 0.620. The molecule has 0 radical (unpaired) electrons. The minimum absolute atomic E-state index is 0.0513. The minimum Gasteiger partial charge on any atom is -0.356 e. The number of hydrogen-bond donors (Lipinski definition) is 2. The van der Waals surface area contributed by atoms with E-state index in [9.17, 15) is 9.59 Å². The number of amides is 2. The van der Waals surface area contributed by atoms with Crippen LogP contribution in [0.15, 0.2) is 0 Å². The molecule has 0 aromatic carbocycles. The fourth-order valence-corrected chi connectivity index (χ4v) is 1.50. The second kappa shape index (κ2) is 3.83. The van der Waals surface area contributed by atoms with E-state index in [2.05, 4.69) is 10.6 Å². The van der Waals surface area contributed by atoms with Crippen molar-refractivity contribution in [1.82, 2.24) is 10.6 Å². The van der Waals surface area contributed by atoms with Crippen LogP contribution in [-0.4, -0.2) is 24.9 Å². The molecule has 1 aliphatic rings. The van der Waals surface area contributed by atoms with Gasteiger partial charge in [-0.25, -0.2) is 0 Å². The monoisotopic (exact) mass is 212 g/mol. The number of carbonyl (C=O) groups excluding carboxylic acids is 2. The van der Waals surface area contributed by atoms with Crippen molar-refractivity contribution in [2.45, 2.75) is 34.1 Å². The van der Waals surface area contributed by atoms with E-state index < -0.39 is 10.8 Å². The molecule has 0 spiro atoms. The molecule has 1 saturated heterocycles. The predicted octanol–water partition coefficient (Wildman–Crippen LogP) is 0.675. The van der Waals surface area contributed by atoms with Crippen LogP contribution >= 0.6 is 0 Å². The van der Waals surface area contributed by atoms with Crippen LogP contribution in [0.5, 0.6) is 0 Å². The summed E-state index contributed by atoms with van der Waals surface area (Å²) in [5.74, 6) is -0.103. The summed E-state index contributed by atoms with van der Waals surface area (Å²) in [6.07, 6.45) is 0.781. The Bertz CT molecular complexity index is 254. The van der Waals surface area contributed by atoms with E-state index in [1.165, 1.54) is 0 Å². The number of hydrogen-bond acceptors (Lipinski definition) is 2. The van der Waals surface area contributed by atoms with Crippen LogP contribution in [0.1, 0.15) is 34.1 Å². The van der Waals surface area contributed by atoms with Crippen LogP contribution in [0.25, 0.3) is 0 Å². The lowest BCUT2D eigenvalue weighted by atomic mass is 9.66. The summed E-state index contributed by atoms with van der Waals surface area (Å²) in [4.78, 5) is 23.8. The smallest absolute Gasteiger partial charge is 0.226 e. The first-order chi connectivity index (χ1) is 6.80. The van der Waals surface area contributed by atoms with E-state index in [0.29, 0.717) is 13.1 Å². The number of nitrogens with one attached hydrogen (secondary N) is 2. The van der Waals surface area contributed by atoms with Gasteiger partial charge in [-0.1, -0.05) is 27.7 Å². The molecule has 4 heteroatoms. The number of carbonyl (C=O) groups is 2. The Morgan fingerprint density at radius 3 is 1.53 bits per heavy atom. The maximum atomic E-state index is 11.9. The maximum absolute atomic E-state index is 11.9. The predicted molar refractivity (Wildman–Crippen MR) is 58.2 cm³/mol. The first-order valence-corrected chi connectivity index (χ1v) is 5.37. The summed E-state index contributed by atoms with van der Waals surface area (Å²) >= 11 is 0. The van der Waals surface area contributed by atoms with Gasteiger partial charge in [-0.05, 0) is 6.42 Å². The molecule has 0 saturated carbocycles. The molecule has 0 aromatic rings. The van der Waals surface area contributed by atoms with Crippen LogP contribution in [0.4, 0.5) is 0 Å². The van der Waals surface area contributed by atoms with Gasteiger partial charge >= 0.3 is 0 Å². The molecular weight excluding hydrogens is 192 g/mol. The molecule has 0 atom stereocenters. The van der Waals surface area contributed by atoms with Crippen molar-refractivity contribution in [3.8, 4) is 0 Å². The maximum Gasteiger partial charge on any atom is 0.226 e. The molecule has 4 nitrogen and oxygen atoms in total. The van der Waals surface area contributed by atoms with Crippen molar-refractivity contribution in [1.29, 1.82) is 0 Å². The van der Waals surface area contributed by atoms with Gasteiger partial charge in [0, 0.05) is 13.1 Å². The van der Waals surface area contributed by atoms with Gasteiger partial charge in [0.1, 0.15) is 0 Å². The number of rotatable bonds is 0. The Kier molecular flexibility index (Phi) is 3.07. The van der Waals surface area contributed by atoms with Gasteiger partial charge in [-0.2, -0.15) is 0 Å². The Labute approximate surface area is 90.8 Å². The third kappa shape index (κ3) is 1.98. The largest absolute Gasteiger partial charge is 0.356 e. The molecule has 15 heavy (non-hydrogen) atoms. The Morgan fingerprint density at radius 1 is 0.867 bits per heavy atom. The second-order valence-corrected chi connectivity index (χ2v) is 5.12. The van der Waals surface area contributed by atoms with Crippen LogP contribution in [0.2, 0.25) is 0 Å². The lowest BCUT2D eigenvalue weighted by molar-refractivity contribution is -0.146. The highest BCUT2D eigenvalue weighted by Gasteiger charge is 2.48. The summed E-state index contributed by atoms with van der Waals surface area (Å²) in [5, 5.41) is 5.72. The zero-order valence-electron chi connectivity index (χ0n) is 9.94. The molecular formula is C11H20N2O2. The average molecular weight is 212 g/mol. The van der Waals surface area contributed by atoms with Crippen molar-refractivity contribution < 1.29 is 9.59 Å². The molecule has 1 heterocycles. The average Bonchev–Trinajstić information content (AvgIpc) is 2.17. The minimum atomic E-state index is -0.693. The Balaban J connectivity index is 3.05. The van der Waals surface area contributed by atoms with Gasteiger partial charge < -0.3 is 10.6 Å². The van der Waals surface area contributed by atoms with Crippen molar-refractivity contribution in [3.63, 3.8) is 0 Å². The third-order valence-corrected chi connectivity index (χ3v) is 3.62. The van der Waals surface area contributed by atoms with Gasteiger partial charge in [-0.3, -0.25) is 9.59 Å². The molecule has 0 aromatic heterocycles. The van der Waals surface area contributed by atoms with Crippen LogP contribution < -0.4 is 10.6 Å². The molecule has 1 aliphatic heterocycles. The third-order valence-electron chi connectivity index (χ3n) is 3.62. The van der Waals surface area contributed by atoms with E-state index in [4.69, 9.17) is 0 Å². The fourth-order valence-electron chi connectivity index (χ4n) is 1.50. The molecule has 1 rings (SSSR count). The van der Waals surface area contributed by atoms with Crippen LogP contribution in [-0.2, 0) is 9.59 Å². The van der Waals surface area contributed by atoms with E-state index in [-0.39, 0.29) is 11.8 Å². The summed E-state index contributed by atoms with van der Waals surface area (Å²) < 4.78 is 0. The molecule has 0 bridgehead atoms. The summed E-state index contributed by atoms with van der Waals surface area (Å²) in [6.45, 7) is 8.50. The molecule has 1 fully saturated rings. The van der Waals surface area contributed by atoms with Crippen LogP contribution in [0, 0.1) is 10.8 Å². The molecule has 0 aliphatic carbocycles. The lowest BCUT2D eigenvalue weighted by Gasteiger charge is -2.38. The highest BCUT2D eigenvalue weighted by Crippen LogP contribution is 2.39. The Hall–Kier alpha value is -1.06. The van der Waals surface area contributed by atoms with Crippen LogP contribution in [0.3, 0.4) is 0 Å². The van der Waals surface area contributed by atoms with Gasteiger partial charge in [0.2, 0.25) is 11.8 Å². The first-order valence-electron chi connectivity index (χ1n) is 5.37. The lowest BCUT2D eigenvalue weighted by Crippen LogP contribution is -2.52. The topological polar surface area (TPSA) is 58.2 Å². The first kappa shape index (κ1) is 12.0. The zero-order valence-corrected chi connectivity index (χ0v) is 9.94. The van der Waals surface area contributed by atoms with Crippen molar-refractivity contribution in [3.05, 3.63) is 0 Å². The normalized spacial score (nSPS) is 25.6. The van der Waals surface area contributed by atoms with Gasteiger partial charge in [-0.15, -0.1) is 0 Å². The molecule has 86 valence electrons. The summed E-state index contributed by atoms with van der Waals surface area (Å²) in [5.41, 5.74) is -1.39. The highest BCUT2D eigenvalue weighted by atomic mass is 16.2. The van der Waals surface area contributed by atoms with Gasteiger partial charge in [0.05, 0.1) is 10.8 Å². The molecule has 2 N–H and O–H groups in total.